The Hall–Kier alpha value is -2.17. The van der Waals surface area contributed by atoms with Crippen LogP contribution in [-0.4, -0.2) is 27.5 Å². The van der Waals surface area contributed by atoms with Gasteiger partial charge < -0.3 is 9.42 Å². The van der Waals surface area contributed by atoms with Crippen molar-refractivity contribution in [1.82, 2.24) is 15.0 Å². The summed E-state index contributed by atoms with van der Waals surface area (Å²) in [5, 5.41) is 4.10. The Morgan fingerprint density at radius 2 is 2.18 bits per heavy atom. The molecule has 1 amide bonds. The third-order valence-electron chi connectivity index (χ3n) is 4.47. The summed E-state index contributed by atoms with van der Waals surface area (Å²) in [6, 6.07) is 8.00. The number of nitrogens with zero attached hydrogens (tertiary/aromatic N) is 3. The number of hydrogen-bond donors (Lipinski definition) is 0. The minimum atomic E-state index is -0.0424. The van der Waals surface area contributed by atoms with Crippen LogP contribution >= 0.6 is 0 Å². The van der Waals surface area contributed by atoms with Crippen molar-refractivity contribution >= 4 is 5.91 Å². The Morgan fingerprint density at radius 3 is 2.95 bits per heavy atom. The van der Waals surface area contributed by atoms with Gasteiger partial charge in [-0.15, -0.1) is 0 Å². The summed E-state index contributed by atoms with van der Waals surface area (Å²) in [6.45, 7) is 2.85. The maximum Gasteiger partial charge on any atom is 0.249 e. The molecule has 1 aliphatic heterocycles. The van der Waals surface area contributed by atoms with Crippen molar-refractivity contribution < 1.29 is 9.32 Å². The van der Waals surface area contributed by atoms with Crippen molar-refractivity contribution in [1.29, 1.82) is 0 Å². The molecule has 5 nitrogen and oxygen atoms in total. The number of carbonyl (C=O) groups excluding carboxylic acids is 1. The second-order valence-electron chi connectivity index (χ2n) is 6.29. The average molecular weight is 297 g/mol. The zero-order valence-corrected chi connectivity index (χ0v) is 12.7. The third-order valence-corrected chi connectivity index (χ3v) is 4.47. The van der Waals surface area contributed by atoms with E-state index in [0.717, 1.165) is 43.4 Å². The first kappa shape index (κ1) is 13.5. The molecule has 1 atom stereocenters. The van der Waals surface area contributed by atoms with E-state index in [1.54, 1.807) is 0 Å². The van der Waals surface area contributed by atoms with Crippen LogP contribution in [-0.2, 0) is 4.79 Å². The molecule has 0 bridgehead atoms. The molecule has 1 aromatic carbocycles. The Labute approximate surface area is 129 Å². The Kier molecular flexibility index (Phi) is 3.21. The van der Waals surface area contributed by atoms with Crippen LogP contribution in [0, 0.1) is 12.8 Å². The fourth-order valence-corrected chi connectivity index (χ4v) is 3.12. The van der Waals surface area contributed by atoms with Gasteiger partial charge in [-0.1, -0.05) is 28.9 Å². The van der Waals surface area contributed by atoms with Crippen LogP contribution in [0.4, 0.5) is 0 Å². The molecule has 2 heterocycles. The number of aromatic nitrogens is 2. The number of carbonyl (C=O) groups is 1. The first-order chi connectivity index (χ1) is 10.7. The fourth-order valence-electron chi connectivity index (χ4n) is 3.12. The lowest BCUT2D eigenvalue weighted by Gasteiger charge is -2.21. The van der Waals surface area contributed by atoms with Gasteiger partial charge in [-0.3, -0.25) is 4.79 Å². The highest BCUT2D eigenvalue weighted by molar-refractivity contribution is 5.81. The molecule has 0 N–H and O–H groups in total. The summed E-state index contributed by atoms with van der Waals surface area (Å²) >= 11 is 0. The lowest BCUT2D eigenvalue weighted by Crippen LogP contribution is -2.31. The predicted molar refractivity (Wildman–Crippen MR) is 80.9 cm³/mol. The van der Waals surface area contributed by atoms with Gasteiger partial charge in [0.15, 0.2) is 0 Å². The molecule has 22 heavy (non-hydrogen) atoms. The van der Waals surface area contributed by atoms with Crippen molar-refractivity contribution in [3.8, 4) is 11.4 Å². The topological polar surface area (TPSA) is 59.2 Å². The molecule has 2 aromatic rings. The smallest absolute Gasteiger partial charge is 0.249 e. The second kappa shape index (κ2) is 5.23. The van der Waals surface area contributed by atoms with Gasteiger partial charge in [-0.05, 0) is 38.7 Å². The van der Waals surface area contributed by atoms with E-state index in [1.807, 2.05) is 36.1 Å². The molecule has 4 rings (SSSR count). The van der Waals surface area contributed by atoms with Crippen molar-refractivity contribution in [2.75, 3.05) is 6.54 Å². The highest BCUT2D eigenvalue weighted by Crippen LogP contribution is 2.38. The number of benzene rings is 1. The molecule has 114 valence electrons. The number of hydrogen-bond acceptors (Lipinski definition) is 4. The number of likely N-dealkylation sites (tertiary alicyclic amines) is 1. The molecular weight excluding hydrogens is 278 g/mol. The van der Waals surface area contributed by atoms with Gasteiger partial charge in [0, 0.05) is 18.0 Å². The fraction of sp³-hybridized carbons (Fsp3) is 0.471. The van der Waals surface area contributed by atoms with Crippen LogP contribution in [0.2, 0.25) is 0 Å². The summed E-state index contributed by atoms with van der Waals surface area (Å²) in [4.78, 5) is 18.8. The van der Waals surface area contributed by atoms with E-state index < -0.39 is 0 Å². The number of aryl methyl sites for hydroxylation is 1. The maximum absolute atomic E-state index is 12.3. The molecule has 1 saturated heterocycles. The van der Waals surface area contributed by atoms with Gasteiger partial charge in [0.25, 0.3) is 0 Å². The van der Waals surface area contributed by atoms with E-state index >= 15 is 0 Å². The Morgan fingerprint density at radius 1 is 1.32 bits per heavy atom. The molecule has 2 fully saturated rings. The standard InChI is InChI=1S/C17H19N3O2/c1-11-4-2-5-13(10-11)15-18-16(22-19-15)14-6-3-9-20(14)17(21)12-7-8-12/h2,4-5,10,12,14H,3,6-9H2,1H3. The molecule has 1 unspecified atom stereocenters. The number of rotatable bonds is 3. The van der Waals surface area contributed by atoms with Crippen LogP contribution in [0.25, 0.3) is 11.4 Å². The van der Waals surface area contributed by atoms with Gasteiger partial charge in [-0.25, -0.2) is 0 Å². The van der Waals surface area contributed by atoms with Gasteiger partial charge in [0.05, 0.1) is 0 Å². The van der Waals surface area contributed by atoms with E-state index in [0.29, 0.717) is 11.7 Å². The summed E-state index contributed by atoms with van der Waals surface area (Å²) in [5.74, 6) is 1.67. The molecular formula is C17H19N3O2. The largest absolute Gasteiger partial charge is 0.337 e. The summed E-state index contributed by atoms with van der Waals surface area (Å²) in [5.41, 5.74) is 2.11. The van der Waals surface area contributed by atoms with Crippen molar-refractivity contribution in [3.05, 3.63) is 35.7 Å². The monoisotopic (exact) mass is 297 g/mol. The van der Waals surface area contributed by atoms with Crippen LogP contribution in [0.15, 0.2) is 28.8 Å². The molecule has 1 aliphatic carbocycles. The van der Waals surface area contributed by atoms with E-state index in [1.165, 1.54) is 0 Å². The summed E-state index contributed by atoms with van der Waals surface area (Å²) in [7, 11) is 0. The molecule has 0 spiro atoms. The van der Waals surface area contributed by atoms with Crippen molar-refractivity contribution in [2.45, 2.75) is 38.6 Å². The molecule has 2 aliphatic rings. The zero-order chi connectivity index (χ0) is 15.1. The first-order valence-corrected chi connectivity index (χ1v) is 7.93. The highest BCUT2D eigenvalue weighted by Gasteiger charge is 2.40. The maximum atomic E-state index is 12.3. The van der Waals surface area contributed by atoms with Crippen LogP contribution < -0.4 is 0 Å². The summed E-state index contributed by atoms with van der Waals surface area (Å²) < 4.78 is 5.47. The van der Waals surface area contributed by atoms with Gasteiger partial charge >= 0.3 is 0 Å². The SMILES string of the molecule is Cc1cccc(-c2noc(C3CCCN3C(=O)C3CC3)n2)c1. The van der Waals surface area contributed by atoms with E-state index in [4.69, 9.17) is 4.52 Å². The normalized spacial score (nSPS) is 21.3. The van der Waals surface area contributed by atoms with Crippen molar-refractivity contribution in [2.24, 2.45) is 5.92 Å². The van der Waals surface area contributed by atoms with Gasteiger partial charge in [0.2, 0.25) is 17.6 Å². The second-order valence-corrected chi connectivity index (χ2v) is 6.29. The lowest BCUT2D eigenvalue weighted by atomic mass is 10.1. The minimum absolute atomic E-state index is 0.0424. The predicted octanol–water partition coefficient (Wildman–Crippen LogP) is 3.12. The quantitative estimate of drug-likeness (QED) is 0.873. The van der Waals surface area contributed by atoms with Gasteiger partial charge in [0.1, 0.15) is 6.04 Å². The van der Waals surface area contributed by atoms with E-state index in [2.05, 4.69) is 10.1 Å². The third kappa shape index (κ3) is 2.40. The van der Waals surface area contributed by atoms with Crippen molar-refractivity contribution in [3.63, 3.8) is 0 Å². The Bertz CT molecular complexity index is 705. The zero-order valence-electron chi connectivity index (χ0n) is 12.7. The van der Waals surface area contributed by atoms with Crippen LogP contribution in [0.1, 0.15) is 43.2 Å². The minimum Gasteiger partial charge on any atom is -0.337 e. The molecule has 1 saturated carbocycles. The number of amides is 1. The van der Waals surface area contributed by atoms with Crippen LogP contribution in [0.3, 0.4) is 0 Å². The van der Waals surface area contributed by atoms with E-state index in [9.17, 15) is 4.79 Å². The Balaban J connectivity index is 1.59. The molecule has 1 aromatic heterocycles. The van der Waals surface area contributed by atoms with E-state index in [-0.39, 0.29) is 17.9 Å². The highest BCUT2D eigenvalue weighted by atomic mass is 16.5. The molecule has 5 heteroatoms. The van der Waals surface area contributed by atoms with Crippen LogP contribution in [0.5, 0.6) is 0 Å². The van der Waals surface area contributed by atoms with Gasteiger partial charge in [-0.2, -0.15) is 4.98 Å². The lowest BCUT2D eigenvalue weighted by molar-refractivity contribution is -0.133. The average Bonchev–Trinajstić information content (AvgIpc) is 3.06. The molecule has 0 radical (unpaired) electrons. The summed E-state index contributed by atoms with van der Waals surface area (Å²) in [6.07, 6.45) is 3.97. The first-order valence-electron chi connectivity index (χ1n) is 7.93.